The summed E-state index contributed by atoms with van der Waals surface area (Å²) >= 11 is 12.3. The lowest BCUT2D eigenvalue weighted by Gasteiger charge is -2.28. The van der Waals surface area contributed by atoms with E-state index in [1.807, 2.05) is 24.1 Å². The highest BCUT2D eigenvalue weighted by molar-refractivity contribution is 6.33. The molecule has 0 aliphatic heterocycles. The summed E-state index contributed by atoms with van der Waals surface area (Å²) in [6.45, 7) is 0.967. The molecule has 0 radical (unpaired) electrons. The third-order valence-electron chi connectivity index (χ3n) is 3.39. The molecule has 2 aromatic rings. The van der Waals surface area contributed by atoms with E-state index in [0.717, 1.165) is 11.1 Å². The number of rotatable bonds is 5. The van der Waals surface area contributed by atoms with Crippen LogP contribution in [0.2, 0.25) is 10.0 Å². The second-order valence-corrected chi connectivity index (χ2v) is 5.81. The van der Waals surface area contributed by atoms with Crippen molar-refractivity contribution in [3.63, 3.8) is 0 Å². The molecular weight excluding hydrogens is 310 g/mol. The normalized spacial score (nSPS) is 12.7. The fraction of sp³-hybridized carbons (Fsp3) is 0.250. The molecule has 0 saturated heterocycles. The molecule has 2 rings (SSSR count). The van der Waals surface area contributed by atoms with Crippen LogP contribution in [-0.2, 0) is 6.54 Å². The van der Waals surface area contributed by atoms with E-state index in [2.05, 4.69) is 0 Å². The molecule has 2 nitrogen and oxygen atoms in total. The first-order valence-electron chi connectivity index (χ1n) is 6.61. The predicted octanol–water partition coefficient (Wildman–Crippen LogP) is 4.26. The second kappa shape index (κ2) is 7.23. The van der Waals surface area contributed by atoms with Gasteiger partial charge in [-0.15, -0.1) is 0 Å². The van der Waals surface area contributed by atoms with Gasteiger partial charge in [0.2, 0.25) is 0 Å². The molecule has 21 heavy (non-hydrogen) atoms. The van der Waals surface area contributed by atoms with Crippen LogP contribution >= 0.6 is 23.2 Å². The first-order valence-corrected chi connectivity index (χ1v) is 7.36. The maximum absolute atomic E-state index is 13.3. The third-order valence-corrected chi connectivity index (χ3v) is 3.97. The molecule has 0 aromatic heterocycles. The summed E-state index contributed by atoms with van der Waals surface area (Å²) in [6, 6.07) is 11.8. The Labute approximate surface area is 134 Å². The Morgan fingerprint density at radius 1 is 1.19 bits per heavy atom. The van der Waals surface area contributed by atoms with Gasteiger partial charge in [0.05, 0.1) is 0 Å². The molecule has 0 aliphatic rings. The van der Waals surface area contributed by atoms with E-state index in [1.54, 1.807) is 18.2 Å². The average molecular weight is 327 g/mol. The van der Waals surface area contributed by atoms with Crippen molar-refractivity contribution < 1.29 is 4.39 Å². The van der Waals surface area contributed by atoms with Crippen LogP contribution in [0.15, 0.2) is 42.5 Å². The molecule has 0 amide bonds. The lowest BCUT2D eigenvalue weighted by Crippen LogP contribution is -2.30. The summed E-state index contributed by atoms with van der Waals surface area (Å²) in [5.74, 6) is -0.244. The van der Waals surface area contributed by atoms with Crippen LogP contribution < -0.4 is 5.73 Å². The van der Waals surface area contributed by atoms with Crippen molar-refractivity contribution in [3.8, 4) is 0 Å². The van der Waals surface area contributed by atoms with Gasteiger partial charge in [0.15, 0.2) is 0 Å². The lowest BCUT2D eigenvalue weighted by molar-refractivity contribution is 0.241. The minimum Gasteiger partial charge on any atom is -0.329 e. The quantitative estimate of drug-likeness (QED) is 0.889. The van der Waals surface area contributed by atoms with Crippen LogP contribution in [0.4, 0.5) is 4.39 Å². The van der Waals surface area contributed by atoms with Gasteiger partial charge in [-0.3, -0.25) is 4.90 Å². The summed E-state index contributed by atoms with van der Waals surface area (Å²) in [7, 11) is 1.93. The molecule has 1 atom stereocenters. The van der Waals surface area contributed by atoms with E-state index < -0.39 is 0 Å². The number of nitrogens with zero attached hydrogens (tertiary/aromatic N) is 1. The highest BCUT2D eigenvalue weighted by Gasteiger charge is 2.19. The number of likely N-dealkylation sites (N-methyl/N-ethyl adjacent to an activating group) is 1. The SMILES string of the molecule is CN(Cc1cccc(F)c1)C(CN)c1cc(Cl)ccc1Cl. The second-order valence-electron chi connectivity index (χ2n) is 4.96. The van der Waals surface area contributed by atoms with Gasteiger partial charge < -0.3 is 5.73 Å². The first kappa shape index (κ1) is 16.2. The highest BCUT2D eigenvalue weighted by atomic mass is 35.5. The van der Waals surface area contributed by atoms with Crippen molar-refractivity contribution >= 4 is 23.2 Å². The Balaban J connectivity index is 2.22. The summed E-state index contributed by atoms with van der Waals surface area (Å²) in [5, 5.41) is 1.24. The van der Waals surface area contributed by atoms with Gasteiger partial charge in [0, 0.05) is 29.2 Å². The Morgan fingerprint density at radius 3 is 2.62 bits per heavy atom. The Bertz CT molecular complexity index is 619. The fourth-order valence-corrected chi connectivity index (χ4v) is 2.77. The van der Waals surface area contributed by atoms with E-state index in [9.17, 15) is 4.39 Å². The van der Waals surface area contributed by atoms with Gasteiger partial charge in [-0.25, -0.2) is 4.39 Å². The van der Waals surface area contributed by atoms with Crippen LogP contribution in [0.25, 0.3) is 0 Å². The summed E-state index contributed by atoms with van der Waals surface area (Å²) in [4.78, 5) is 2.03. The van der Waals surface area contributed by atoms with Gasteiger partial charge in [0.1, 0.15) is 5.82 Å². The monoisotopic (exact) mass is 326 g/mol. The molecule has 0 aliphatic carbocycles. The number of halogens is 3. The van der Waals surface area contributed by atoms with E-state index in [4.69, 9.17) is 28.9 Å². The fourth-order valence-electron chi connectivity index (χ4n) is 2.35. The van der Waals surface area contributed by atoms with Gasteiger partial charge in [-0.1, -0.05) is 35.3 Å². The smallest absolute Gasteiger partial charge is 0.123 e. The molecule has 0 bridgehead atoms. The van der Waals surface area contributed by atoms with Gasteiger partial charge in [-0.05, 0) is 48.5 Å². The largest absolute Gasteiger partial charge is 0.329 e. The van der Waals surface area contributed by atoms with Gasteiger partial charge >= 0.3 is 0 Å². The van der Waals surface area contributed by atoms with Crippen molar-refractivity contribution in [2.75, 3.05) is 13.6 Å². The minimum absolute atomic E-state index is 0.0838. The predicted molar refractivity (Wildman–Crippen MR) is 86.1 cm³/mol. The Morgan fingerprint density at radius 2 is 1.95 bits per heavy atom. The van der Waals surface area contributed by atoms with Gasteiger partial charge in [-0.2, -0.15) is 0 Å². The maximum Gasteiger partial charge on any atom is 0.123 e. The van der Waals surface area contributed by atoms with Crippen LogP contribution in [0.5, 0.6) is 0 Å². The van der Waals surface area contributed by atoms with Crippen molar-refractivity contribution in [2.45, 2.75) is 12.6 Å². The molecule has 1 unspecified atom stereocenters. The molecule has 2 aromatic carbocycles. The third kappa shape index (κ3) is 4.17. The van der Waals surface area contributed by atoms with Crippen LogP contribution in [0, 0.1) is 5.82 Å². The van der Waals surface area contributed by atoms with Crippen LogP contribution in [0.3, 0.4) is 0 Å². The first-order chi connectivity index (χ1) is 10.0. The molecule has 0 saturated carbocycles. The molecule has 0 heterocycles. The summed E-state index contributed by atoms with van der Waals surface area (Å²) in [6.07, 6.45) is 0. The lowest BCUT2D eigenvalue weighted by atomic mass is 10.0. The van der Waals surface area contributed by atoms with E-state index in [-0.39, 0.29) is 11.9 Å². The molecule has 0 spiro atoms. The van der Waals surface area contributed by atoms with Gasteiger partial charge in [0.25, 0.3) is 0 Å². The topological polar surface area (TPSA) is 29.3 Å². The highest BCUT2D eigenvalue weighted by Crippen LogP contribution is 2.29. The summed E-state index contributed by atoms with van der Waals surface area (Å²) in [5.41, 5.74) is 7.65. The van der Waals surface area contributed by atoms with Crippen molar-refractivity contribution in [1.29, 1.82) is 0 Å². The zero-order valence-electron chi connectivity index (χ0n) is 11.7. The number of hydrogen-bond acceptors (Lipinski definition) is 2. The Hall–Kier alpha value is -1.13. The van der Waals surface area contributed by atoms with Crippen molar-refractivity contribution in [2.24, 2.45) is 5.73 Å². The zero-order valence-corrected chi connectivity index (χ0v) is 13.2. The van der Waals surface area contributed by atoms with Crippen LogP contribution in [0.1, 0.15) is 17.2 Å². The summed E-state index contributed by atoms with van der Waals surface area (Å²) < 4.78 is 13.3. The van der Waals surface area contributed by atoms with Crippen molar-refractivity contribution in [1.82, 2.24) is 4.90 Å². The molecule has 2 N–H and O–H groups in total. The van der Waals surface area contributed by atoms with E-state index in [0.29, 0.717) is 23.1 Å². The number of hydrogen-bond donors (Lipinski definition) is 1. The number of benzene rings is 2. The van der Waals surface area contributed by atoms with Crippen LogP contribution in [-0.4, -0.2) is 18.5 Å². The molecular formula is C16H17Cl2FN2. The maximum atomic E-state index is 13.3. The molecule has 0 fully saturated rings. The van der Waals surface area contributed by atoms with E-state index >= 15 is 0 Å². The Kier molecular flexibility index (Phi) is 5.59. The molecule has 112 valence electrons. The standard InChI is InChI=1S/C16H17Cl2FN2/c1-21(10-11-3-2-4-13(19)7-11)16(9-20)14-8-12(17)5-6-15(14)18/h2-8,16H,9-10,20H2,1H3. The zero-order chi connectivity index (χ0) is 15.4. The average Bonchev–Trinajstić information content (AvgIpc) is 2.43. The van der Waals surface area contributed by atoms with E-state index in [1.165, 1.54) is 12.1 Å². The van der Waals surface area contributed by atoms with Crippen molar-refractivity contribution in [3.05, 3.63) is 69.5 Å². The molecule has 5 heteroatoms. The number of nitrogens with two attached hydrogens (primary N) is 1. The minimum atomic E-state index is -0.244.